The minimum absolute atomic E-state index is 0.0119. The molecule has 0 radical (unpaired) electrons. The van der Waals surface area contributed by atoms with Gasteiger partial charge in [0.25, 0.3) is 10.0 Å². The van der Waals surface area contributed by atoms with E-state index in [0.717, 1.165) is 0 Å². The lowest BCUT2D eigenvalue weighted by atomic mass is 10.2. The highest BCUT2D eigenvalue weighted by Gasteiger charge is 2.43. The molecule has 0 aliphatic carbocycles. The van der Waals surface area contributed by atoms with Crippen molar-refractivity contribution in [1.29, 1.82) is 0 Å². The quantitative estimate of drug-likeness (QED) is 0.852. The lowest BCUT2D eigenvalue weighted by molar-refractivity contribution is -0.129. The van der Waals surface area contributed by atoms with Crippen LogP contribution in [0.5, 0.6) is 5.75 Å². The zero-order valence-electron chi connectivity index (χ0n) is 11.7. The molecule has 2 amide bonds. The van der Waals surface area contributed by atoms with Crippen LogP contribution in [0.4, 0.5) is 0 Å². The number of ether oxygens (including phenoxy) is 1. The molecule has 7 nitrogen and oxygen atoms in total. The van der Waals surface area contributed by atoms with Crippen molar-refractivity contribution in [3.8, 4) is 5.75 Å². The normalized spacial score (nSPS) is 18.9. The summed E-state index contributed by atoms with van der Waals surface area (Å²) in [6.45, 7) is 1.69. The van der Waals surface area contributed by atoms with Crippen molar-refractivity contribution < 1.29 is 22.7 Å². The average molecular weight is 312 g/mol. The first-order chi connectivity index (χ1) is 9.78. The van der Waals surface area contributed by atoms with E-state index in [4.69, 9.17) is 10.5 Å². The van der Waals surface area contributed by atoms with Gasteiger partial charge >= 0.3 is 0 Å². The van der Waals surface area contributed by atoms with E-state index in [1.54, 1.807) is 6.92 Å². The van der Waals surface area contributed by atoms with E-state index in [0.29, 0.717) is 15.6 Å². The lowest BCUT2D eigenvalue weighted by Gasteiger charge is -2.22. The summed E-state index contributed by atoms with van der Waals surface area (Å²) in [5, 5.41) is 0. The Morgan fingerprint density at radius 2 is 2.10 bits per heavy atom. The van der Waals surface area contributed by atoms with Crippen LogP contribution in [0.25, 0.3) is 0 Å². The number of hydrogen-bond donors (Lipinski definition) is 1. The molecule has 1 aromatic rings. The number of primary amides is 1. The van der Waals surface area contributed by atoms with Crippen molar-refractivity contribution in [2.24, 2.45) is 5.73 Å². The van der Waals surface area contributed by atoms with E-state index < -0.39 is 27.9 Å². The molecule has 114 valence electrons. The van der Waals surface area contributed by atoms with Crippen LogP contribution in [-0.2, 0) is 19.6 Å². The summed E-state index contributed by atoms with van der Waals surface area (Å²) < 4.78 is 30.8. The molecule has 0 unspecified atom stereocenters. The lowest BCUT2D eigenvalue weighted by Crippen LogP contribution is -2.45. The van der Waals surface area contributed by atoms with Crippen LogP contribution in [0.1, 0.15) is 18.4 Å². The minimum atomic E-state index is -4.10. The second-order valence-corrected chi connectivity index (χ2v) is 6.60. The number of amides is 2. The van der Waals surface area contributed by atoms with Crippen molar-refractivity contribution in [1.82, 2.24) is 4.31 Å². The van der Waals surface area contributed by atoms with Crippen molar-refractivity contribution in [3.05, 3.63) is 23.8 Å². The van der Waals surface area contributed by atoms with Gasteiger partial charge in [0.15, 0.2) is 0 Å². The third-order valence-corrected chi connectivity index (χ3v) is 5.24. The van der Waals surface area contributed by atoms with Gasteiger partial charge in [-0.25, -0.2) is 12.7 Å². The van der Waals surface area contributed by atoms with Gasteiger partial charge in [-0.05, 0) is 37.1 Å². The van der Waals surface area contributed by atoms with Gasteiger partial charge in [-0.15, -0.1) is 0 Å². The van der Waals surface area contributed by atoms with Crippen LogP contribution in [0.2, 0.25) is 0 Å². The van der Waals surface area contributed by atoms with Crippen LogP contribution in [0.3, 0.4) is 0 Å². The maximum Gasteiger partial charge on any atom is 0.267 e. The highest BCUT2D eigenvalue weighted by molar-refractivity contribution is 7.89. The molecule has 0 aromatic heterocycles. The Balaban J connectivity index is 2.48. The van der Waals surface area contributed by atoms with Gasteiger partial charge in [-0.2, -0.15) is 0 Å². The topological polar surface area (TPSA) is 107 Å². The molecular weight excluding hydrogens is 296 g/mol. The second-order valence-electron chi connectivity index (χ2n) is 4.78. The Kier molecular flexibility index (Phi) is 3.91. The van der Waals surface area contributed by atoms with Crippen molar-refractivity contribution in [3.63, 3.8) is 0 Å². The van der Waals surface area contributed by atoms with Crippen molar-refractivity contribution in [2.75, 3.05) is 7.11 Å². The SMILES string of the molecule is COc1ccc(S(=O)(=O)N2C(=O)CC[C@@H]2C(N)=O)cc1C. The molecule has 8 heteroatoms. The molecule has 1 aliphatic heterocycles. The summed E-state index contributed by atoms with van der Waals surface area (Å²) in [5.41, 5.74) is 5.80. The number of nitrogens with two attached hydrogens (primary N) is 1. The van der Waals surface area contributed by atoms with Crippen LogP contribution >= 0.6 is 0 Å². The first-order valence-electron chi connectivity index (χ1n) is 6.30. The number of benzene rings is 1. The van der Waals surface area contributed by atoms with Gasteiger partial charge in [0.2, 0.25) is 11.8 Å². The number of carbonyl (C=O) groups is 2. The number of nitrogens with zero attached hydrogens (tertiary/aromatic N) is 1. The molecule has 1 aromatic carbocycles. The smallest absolute Gasteiger partial charge is 0.267 e. The van der Waals surface area contributed by atoms with Crippen molar-refractivity contribution >= 4 is 21.8 Å². The third kappa shape index (κ3) is 2.58. The Morgan fingerprint density at radius 1 is 1.43 bits per heavy atom. The highest BCUT2D eigenvalue weighted by Crippen LogP contribution is 2.29. The Labute approximate surface area is 122 Å². The summed E-state index contributed by atoms with van der Waals surface area (Å²) in [5.74, 6) is -0.907. The largest absolute Gasteiger partial charge is 0.496 e. The molecule has 21 heavy (non-hydrogen) atoms. The number of rotatable bonds is 4. The van der Waals surface area contributed by atoms with E-state index in [1.165, 1.54) is 25.3 Å². The fraction of sp³-hybridized carbons (Fsp3) is 0.385. The fourth-order valence-electron chi connectivity index (χ4n) is 2.35. The van der Waals surface area contributed by atoms with Gasteiger partial charge in [0, 0.05) is 6.42 Å². The van der Waals surface area contributed by atoms with Crippen molar-refractivity contribution in [2.45, 2.75) is 30.7 Å². The number of hydrogen-bond acceptors (Lipinski definition) is 5. The Hall–Kier alpha value is -2.09. The first-order valence-corrected chi connectivity index (χ1v) is 7.74. The van der Waals surface area contributed by atoms with E-state index in [2.05, 4.69) is 0 Å². The summed E-state index contributed by atoms with van der Waals surface area (Å²) >= 11 is 0. The standard InChI is InChI=1S/C13H16N2O5S/c1-8-7-9(3-5-11(8)20-2)21(18,19)15-10(13(14)17)4-6-12(15)16/h3,5,7,10H,4,6H2,1-2H3,(H2,14,17)/t10-/m1/s1. The molecule has 1 atom stereocenters. The first kappa shape index (κ1) is 15.3. The predicted octanol–water partition coefficient (Wildman–Crippen LogP) is 0.169. The van der Waals surface area contributed by atoms with E-state index in [-0.39, 0.29) is 17.7 Å². The Morgan fingerprint density at radius 3 is 2.62 bits per heavy atom. The zero-order valence-corrected chi connectivity index (χ0v) is 12.5. The number of carbonyl (C=O) groups excluding carboxylic acids is 2. The maximum absolute atomic E-state index is 12.6. The van der Waals surface area contributed by atoms with E-state index in [1.807, 2.05) is 0 Å². The molecular formula is C13H16N2O5S. The maximum atomic E-state index is 12.6. The van der Waals surface area contributed by atoms with Crippen LogP contribution in [0.15, 0.2) is 23.1 Å². The number of sulfonamides is 1. The summed E-state index contributed by atoms with van der Waals surface area (Å²) in [7, 11) is -2.63. The molecule has 0 saturated carbocycles. The third-order valence-electron chi connectivity index (χ3n) is 3.41. The van der Waals surface area contributed by atoms with Crippen LogP contribution in [0, 0.1) is 6.92 Å². The fourth-order valence-corrected chi connectivity index (χ4v) is 4.04. The molecule has 0 bridgehead atoms. The van der Waals surface area contributed by atoms with E-state index in [9.17, 15) is 18.0 Å². The van der Waals surface area contributed by atoms with Gasteiger partial charge in [0.05, 0.1) is 12.0 Å². The Bertz CT molecular complexity index is 699. The van der Waals surface area contributed by atoms with Gasteiger partial charge < -0.3 is 10.5 Å². The number of methoxy groups -OCH3 is 1. The molecule has 1 saturated heterocycles. The summed E-state index contributed by atoms with van der Waals surface area (Å²) in [6.07, 6.45) is 0.102. The molecule has 2 N–H and O–H groups in total. The summed E-state index contributed by atoms with van der Waals surface area (Å²) in [6, 6.07) is 3.12. The van der Waals surface area contributed by atoms with E-state index >= 15 is 0 Å². The second kappa shape index (κ2) is 5.36. The van der Waals surface area contributed by atoms with Gasteiger partial charge in [-0.1, -0.05) is 0 Å². The average Bonchev–Trinajstić information content (AvgIpc) is 2.81. The van der Waals surface area contributed by atoms with Gasteiger partial charge in [0.1, 0.15) is 11.8 Å². The molecule has 1 aliphatic rings. The predicted molar refractivity (Wildman–Crippen MR) is 74.0 cm³/mol. The summed E-state index contributed by atoms with van der Waals surface area (Å²) in [4.78, 5) is 23.1. The molecule has 1 heterocycles. The molecule has 0 spiro atoms. The molecule has 1 fully saturated rings. The van der Waals surface area contributed by atoms with Crippen LogP contribution < -0.4 is 10.5 Å². The van der Waals surface area contributed by atoms with Crippen LogP contribution in [-0.4, -0.2) is 37.7 Å². The monoisotopic (exact) mass is 312 g/mol. The zero-order chi connectivity index (χ0) is 15.8. The minimum Gasteiger partial charge on any atom is -0.496 e. The molecule has 2 rings (SSSR count). The highest BCUT2D eigenvalue weighted by atomic mass is 32.2. The van der Waals surface area contributed by atoms with Gasteiger partial charge in [-0.3, -0.25) is 9.59 Å². The number of aryl methyl sites for hydroxylation is 1.